The van der Waals surface area contributed by atoms with Gasteiger partial charge in [0, 0.05) is 11.6 Å². The highest BCUT2D eigenvalue weighted by Gasteiger charge is 2.17. The van der Waals surface area contributed by atoms with Gasteiger partial charge in [-0.25, -0.2) is 4.39 Å². The van der Waals surface area contributed by atoms with E-state index in [9.17, 15) is 4.39 Å². The van der Waals surface area contributed by atoms with Crippen LogP contribution in [-0.4, -0.2) is 21.8 Å². The standard InChI is InChI=1S/C15H11FN4O2/c16-10-3-1-9(2-4-10)14-15(17)20(19-18-14)11-5-6-12-13(7-11)22-8-21-12/h1-7H,8,17H2. The number of rotatable bonds is 2. The number of nitrogen functional groups attached to an aromatic ring is 1. The Kier molecular flexibility index (Phi) is 2.72. The molecule has 3 aromatic rings. The number of fused-ring (bicyclic) bond motifs is 1. The Balaban J connectivity index is 1.76. The highest BCUT2D eigenvalue weighted by Crippen LogP contribution is 2.34. The van der Waals surface area contributed by atoms with Gasteiger partial charge in [0.15, 0.2) is 17.3 Å². The molecule has 22 heavy (non-hydrogen) atoms. The quantitative estimate of drug-likeness (QED) is 0.786. The van der Waals surface area contributed by atoms with E-state index in [1.807, 2.05) is 6.07 Å². The third kappa shape index (κ3) is 1.95. The molecule has 0 radical (unpaired) electrons. The Hall–Kier alpha value is -3.09. The summed E-state index contributed by atoms with van der Waals surface area (Å²) in [5, 5.41) is 8.14. The van der Waals surface area contributed by atoms with E-state index < -0.39 is 0 Å². The molecule has 0 bridgehead atoms. The molecule has 2 heterocycles. The molecule has 0 saturated carbocycles. The number of nitrogens with zero attached hydrogens (tertiary/aromatic N) is 3. The van der Waals surface area contributed by atoms with Crippen molar-refractivity contribution in [3.63, 3.8) is 0 Å². The van der Waals surface area contributed by atoms with Crippen LogP contribution in [0.4, 0.5) is 10.2 Å². The molecule has 1 aliphatic rings. The first kappa shape index (κ1) is 12.6. The van der Waals surface area contributed by atoms with Gasteiger partial charge in [-0.2, -0.15) is 4.68 Å². The van der Waals surface area contributed by atoms with Crippen LogP contribution in [0.25, 0.3) is 16.9 Å². The maximum absolute atomic E-state index is 13.0. The predicted molar refractivity (Wildman–Crippen MR) is 77.3 cm³/mol. The first-order valence-corrected chi connectivity index (χ1v) is 6.59. The average Bonchev–Trinajstić information content (AvgIpc) is 3.14. The van der Waals surface area contributed by atoms with Gasteiger partial charge in [-0.05, 0) is 36.4 Å². The summed E-state index contributed by atoms with van der Waals surface area (Å²) in [6.45, 7) is 0.201. The summed E-state index contributed by atoms with van der Waals surface area (Å²) in [6, 6.07) is 11.3. The lowest BCUT2D eigenvalue weighted by Crippen LogP contribution is -2.02. The Labute approximate surface area is 124 Å². The van der Waals surface area contributed by atoms with Gasteiger partial charge in [0.05, 0.1) is 5.69 Å². The number of anilines is 1. The minimum atomic E-state index is -0.314. The van der Waals surface area contributed by atoms with Crippen molar-refractivity contribution in [2.75, 3.05) is 12.5 Å². The summed E-state index contributed by atoms with van der Waals surface area (Å²) >= 11 is 0. The minimum absolute atomic E-state index is 0.201. The van der Waals surface area contributed by atoms with Crippen molar-refractivity contribution in [3.8, 4) is 28.4 Å². The van der Waals surface area contributed by atoms with E-state index >= 15 is 0 Å². The van der Waals surface area contributed by atoms with E-state index in [1.54, 1.807) is 24.3 Å². The van der Waals surface area contributed by atoms with Crippen LogP contribution in [0.3, 0.4) is 0 Å². The minimum Gasteiger partial charge on any atom is -0.454 e. The van der Waals surface area contributed by atoms with Crippen LogP contribution in [0.15, 0.2) is 42.5 Å². The molecule has 0 amide bonds. The number of benzene rings is 2. The molecule has 1 aromatic heterocycles. The maximum atomic E-state index is 13.0. The van der Waals surface area contributed by atoms with E-state index in [-0.39, 0.29) is 12.6 Å². The number of ether oxygens (including phenoxy) is 2. The fraction of sp³-hybridized carbons (Fsp3) is 0.0667. The van der Waals surface area contributed by atoms with E-state index in [1.165, 1.54) is 16.8 Å². The summed E-state index contributed by atoms with van der Waals surface area (Å²) in [6.07, 6.45) is 0. The van der Waals surface area contributed by atoms with Gasteiger partial charge in [-0.15, -0.1) is 5.10 Å². The highest BCUT2D eigenvalue weighted by molar-refractivity contribution is 5.71. The summed E-state index contributed by atoms with van der Waals surface area (Å²) in [5.74, 6) is 1.37. The maximum Gasteiger partial charge on any atom is 0.231 e. The second-order valence-corrected chi connectivity index (χ2v) is 4.78. The molecule has 0 atom stereocenters. The van der Waals surface area contributed by atoms with Gasteiger partial charge in [-0.1, -0.05) is 5.21 Å². The average molecular weight is 298 g/mol. The number of nitrogens with two attached hydrogens (primary N) is 1. The van der Waals surface area contributed by atoms with Crippen molar-refractivity contribution < 1.29 is 13.9 Å². The van der Waals surface area contributed by atoms with E-state index in [0.717, 1.165) is 0 Å². The summed E-state index contributed by atoms with van der Waals surface area (Å²) in [7, 11) is 0. The molecule has 0 saturated heterocycles. The van der Waals surface area contributed by atoms with E-state index in [2.05, 4.69) is 10.3 Å². The van der Waals surface area contributed by atoms with Gasteiger partial charge >= 0.3 is 0 Å². The molecule has 0 spiro atoms. The van der Waals surface area contributed by atoms with Crippen LogP contribution in [0.5, 0.6) is 11.5 Å². The topological polar surface area (TPSA) is 75.2 Å². The van der Waals surface area contributed by atoms with Crippen LogP contribution in [-0.2, 0) is 0 Å². The fourth-order valence-corrected chi connectivity index (χ4v) is 2.31. The normalized spacial score (nSPS) is 12.6. The SMILES string of the molecule is Nc1c(-c2ccc(F)cc2)nnn1-c1ccc2c(c1)OCO2. The van der Waals surface area contributed by atoms with E-state index in [0.29, 0.717) is 34.3 Å². The van der Waals surface area contributed by atoms with Crippen molar-refractivity contribution in [3.05, 3.63) is 48.3 Å². The van der Waals surface area contributed by atoms with Crippen molar-refractivity contribution >= 4 is 5.82 Å². The number of hydrogen-bond donors (Lipinski definition) is 1. The largest absolute Gasteiger partial charge is 0.454 e. The zero-order valence-electron chi connectivity index (χ0n) is 11.4. The van der Waals surface area contributed by atoms with Crippen molar-refractivity contribution in [2.45, 2.75) is 0 Å². The lowest BCUT2D eigenvalue weighted by molar-refractivity contribution is 0.174. The smallest absolute Gasteiger partial charge is 0.231 e. The monoisotopic (exact) mass is 298 g/mol. The predicted octanol–water partition coefficient (Wildman–Crippen LogP) is 2.38. The number of hydrogen-bond acceptors (Lipinski definition) is 5. The third-order valence-electron chi connectivity index (χ3n) is 3.42. The molecule has 7 heteroatoms. The number of halogens is 1. The molecule has 6 nitrogen and oxygen atoms in total. The molecule has 110 valence electrons. The zero-order chi connectivity index (χ0) is 15.1. The van der Waals surface area contributed by atoms with E-state index in [4.69, 9.17) is 15.2 Å². The lowest BCUT2D eigenvalue weighted by atomic mass is 10.1. The van der Waals surface area contributed by atoms with Crippen molar-refractivity contribution in [1.29, 1.82) is 0 Å². The van der Waals surface area contributed by atoms with Gasteiger partial charge in [0.2, 0.25) is 6.79 Å². The molecule has 0 aliphatic carbocycles. The molecule has 0 unspecified atom stereocenters. The fourth-order valence-electron chi connectivity index (χ4n) is 2.31. The van der Waals surface area contributed by atoms with Crippen molar-refractivity contribution in [2.24, 2.45) is 0 Å². The van der Waals surface area contributed by atoms with Crippen LogP contribution in [0.1, 0.15) is 0 Å². The Morgan fingerprint density at radius 2 is 1.82 bits per heavy atom. The Morgan fingerprint density at radius 1 is 1.05 bits per heavy atom. The molecular formula is C15H11FN4O2. The van der Waals surface area contributed by atoms with Gasteiger partial charge in [-0.3, -0.25) is 0 Å². The molecule has 2 N–H and O–H groups in total. The lowest BCUT2D eigenvalue weighted by Gasteiger charge is -2.05. The van der Waals surface area contributed by atoms with Gasteiger partial charge in [0.25, 0.3) is 0 Å². The molecular weight excluding hydrogens is 287 g/mol. The van der Waals surface area contributed by atoms with Gasteiger partial charge in [0.1, 0.15) is 11.5 Å². The highest BCUT2D eigenvalue weighted by atomic mass is 19.1. The first-order chi connectivity index (χ1) is 10.7. The first-order valence-electron chi connectivity index (χ1n) is 6.59. The van der Waals surface area contributed by atoms with Crippen LogP contribution in [0, 0.1) is 5.82 Å². The molecule has 4 rings (SSSR count). The summed E-state index contributed by atoms with van der Waals surface area (Å²) in [4.78, 5) is 0. The second kappa shape index (κ2) is 4.73. The zero-order valence-corrected chi connectivity index (χ0v) is 11.4. The van der Waals surface area contributed by atoms with Crippen LogP contribution >= 0.6 is 0 Å². The third-order valence-corrected chi connectivity index (χ3v) is 3.42. The Morgan fingerprint density at radius 3 is 2.64 bits per heavy atom. The summed E-state index contributed by atoms with van der Waals surface area (Å²) < 4.78 is 25.1. The summed E-state index contributed by atoms with van der Waals surface area (Å²) in [5.41, 5.74) is 8.03. The van der Waals surface area contributed by atoms with Gasteiger partial charge < -0.3 is 15.2 Å². The number of aromatic nitrogens is 3. The Bertz CT molecular complexity index is 845. The van der Waals surface area contributed by atoms with Crippen LogP contribution < -0.4 is 15.2 Å². The van der Waals surface area contributed by atoms with Crippen LogP contribution in [0.2, 0.25) is 0 Å². The molecule has 2 aromatic carbocycles. The van der Waals surface area contributed by atoms with Crippen molar-refractivity contribution in [1.82, 2.24) is 15.0 Å². The molecule has 0 fully saturated rings. The molecule has 1 aliphatic heterocycles. The second-order valence-electron chi connectivity index (χ2n) is 4.78.